The third-order valence-electron chi connectivity index (χ3n) is 6.07. The molecule has 2 aliphatic heterocycles. The van der Waals surface area contributed by atoms with E-state index in [1.54, 1.807) is 26.8 Å². The Kier molecular flexibility index (Phi) is 5.95. The fourth-order valence-electron chi connectivity index (χ4n) is 4.26. The van der Waals surface area contributed by atoms with Crippen LogP contribution in [-0.2, 0) is 15.9 Å². The molecule has 6 atom stereocenters. The van der Waals surface area contributed by atoms with Gasteiger partial charge in [-0.15, -0.1) is 0 Å². The molecule has 1 aromatic heterocycles. The van der Waals surface area contributed by atoms with Crippen molar-refractivity contribution < 1.29 is 43.8 Å². The number of aliphatic hydroxyl groups is 4. The molecule has 1 fully saturated rings. The van der Waals surface area contributed by atoms with Crippen molar-refractivity contribution in [2.24, 2.45) is 0 Å². The van der Waals surface area contributed by atoms with E-state index in [-0.39, 0.29) is 5.43 Å². The number of rotatable bonds is 5. The topological polar surface area (TPSA) is 148 Å². The second-order valence-corrected chi connectivity index (χ2v) is 8.71. The quantitative estimate of drug-likeness (QED) is 0.489. The summed E-state index contributed by atoms with van der Waals surface area (Å²) >= 11 is 0. The summed E-state index contributed by atoms with van der Waals surface area (Å²) in [7, 11) is 1.47. The van der Waals surface area contributed by atoms with Crippen LogP contribution in [0.25, 0.3) is 11.0 Å². The first-order valence-corrected chi connectivity index (χ1v) is 10.4. The zero-order chi connectivity index (χ0) is 23.4. The first-order chi connectivity index (χ1) is 15.1. The molecule has 2 aromatic rings. The molecule has 176 valence electrons. The van der Waals surface area contributed by atoms with Crippen molar-refractivity contribution in [3.63, 3.8) is 0 Å². The standard InChI is InChI=1S/C22H28O10/c1-9-5-11(24)16-13(29-9)7-12-10(20(16)28-4)6-15(30-12)22(2,3)32-21-19(27)18(26)17(25)14(8-23)31-21/h5,7,14-15,17-19,21,23,25-27H,6,8H2,1-4H3/t14-,15-,17+,18-,19+,21-/m0/s1. The summed E-state index contributed by atoms with van der Waals surface area (Å²) in [4.78, 5) is 12.6. The summed E-state index contributed by atoms with van der Waals surface area (Å²) < 4.78 is 28.8. The normalized spacial score (nSPS) is 30.2. The Balaban J connectivity index is 1.62. The van der Waals surface area contributed by atoms with Gasteiger partial charge in [-0.1, -0.05) is 0 Å². The Morgan fingerprint density at radius 2 is 1.88 bits per heavy atom. The van der Waals surface area contributed by atoms with E-state index in [2.05, 4.69) is 0 Å². The maximum atomic E-state index is 12.6. The van der Waals surface area contributed by atoms with E-state index in [0.717, 1.165) is 0 Å². The summed E-state index contributed by atoms with van der Waals surface area (Å²) in [5, 5.41) is 40.1. The Morgan fingerprint density at radius 3 is 2.53 bits per heavy atom. The van der Waals surface area contributed by atoms with Crippen LogP contribution in [0.2, 0.25) is 0 Å². The van der Waals surface area contributed by atoms with E-state index in [1.807, 2.05) is 0 Å². The largest absolute Gasteiger partial charge is 0.495 e. The lowest BCUT2D eigenvalue weighted by Gasteiger charge is -2.43. The molecule has 32 heavy (non-hydrogen) atoms. The summed E-state index contributed by atoms with van der Waals surface area (Å²) in [5.41, 5.74) is -0.230. The Bertz CT molecular complexity index is 1060. The van der Waals surface area contributed by atoms with E-state index >= 15 is 0 Å². The van der Waals surface area contributed by atoms with Crippen molar-refractivity contribution in [2.45, 2.75) is 69.6 Å². The van der Waals surface area contributed by atoms with E-state index in [1.165, 1.54) is 13.2 Å². The third kappa shape index (κ3) is 3.76. The number of aryl methyl sites for hydroxylation is 1. The summed E-state index contributed by atoms with van der Waals surface area (Å²) in [6, 6.07) is 3.04. The molecule has 0 saturated carbocycles. The molecular weight excluding hydrogens is 424 g/mol. The maximum absolute atomic E-state index is 12.6. The fourth-order valence-corrected chi connectivity index (χ4v) is 4.26. The number of ether oxygens (including phenoxy) is 4. The maximum Gasteiger partial charge on any atom is 0.196 e. The molecule has 0 unspecified atom stereocenters. The number of fused-ring (bicyclic) bond motifs is 2. The first kappa shape index (κ1) is 23.0. The Labute approximate surface area is 183 Å². The predicted octanol–water partition coefficient (Wildman–Crippen LogP) is 0.00862. The SMILES string of the molecule is COc1c2c(cc3oc(C)cc(=O)c13)O[C@H](C(C)(C)O[C@@H]1O[C@@H](CO)[C@@H](O)[C@H](O)[C@H]1O)C2. The van der Waals surface area contributed by atoms with Gasteiger partial charge in [0.2, 0.25) is 0 Å². The van der Waals surface area contributed by atoms with Crippen molar-refractivity contribution in [1.29, 1.82) is 0 Å². The van der Waals surface area contributed by atoms with Crippen molar-refractivity contribution in [3.8, 4) is 11.5 Å². The Morgan fingerprint density at radius 1 is 1.16 bits per heavy atom. The van der Waals surface area contributed by atoms with Gasteiger partial charge in [0.15, 0.2) is 11.7 Å². The molecule has 2 aliphatic rings. The van der Waals surface area contributed by atoms with E-state index in [4.69, 9.17) is 23.4 Å². The minimum atomic E-state index is -1.55. The van der Waals surface area contributed by atoms with E-state index in [0.29, 0.717) is 40.2 Å². The molecule has 1 saturated heterocycles. The zero-order valence-corrected chi connectivity index (χ0v) is 18.3. The highest BCUT2D eigenvalue weighted by atomic mass is 16.7. The minimum Gasteiger partial charge on any atom is -0.495 e. The zero-order valence-electron chi connectivity index (χ0n) is 18.3. The first-order valence-electron chi connectivity index (χ1n) is 10.4. The minimum absolute atomic E-state index is 0.219. The van der Waals surface area contributed by atoms with Crippen LogP contribution in [0, 0.1) is 6.92 Å². The lowest BCUT2D eigenvalue weighted by Crippen LogP contribution is -2.61. The molecule has 1 aromatic carbocycles. The summed E-state index contributed by atoms with van der Waals surface area (Å²) in [6.07, 6.45) is -7.17. The molecule has 0 amide bonds. The molecule has 0 radical (unpaired) electrons. The van der Waals surface area contributed by atoms with Crippen LogP contribution in [0.3, 0.4) is 0 Å². The highest BCUT2D eigenvalue weighted by Gasteiger charge is 2.48. The van der Waals surface area contributed by atoms with Crippen molar-refractivity contribution in [1.82, 2.24) is 0 Å². The van der Waals surface area contributed by atoms with Gasteiger partial charge in [-0.05, 0) is 20.8 Å². The van der Waals surface area contributed by atoms with Crippen LogP contribution in [0.4, 0.5) is 0 Å². The fraction of sp³-hybridized carbons (Fsp3) is 0.591. The van der Waals surface area contributed by atoms with Gasteiger partial charge >= 0.3 is 0 Å². The molecule has 3 heterocycles. The molecule has 0 bridgehead atoms. The van der Waals surface area contributed by atoms with Crippen LogP contribution >= 0.6 is 0 Å². The van der Waals surface area contributed by atoms with Gasteiger partial charge in [0.25, 0.3) is 0 Å². The third-order valence-corrected chi connectivity index (χ3v) is 6.07. The number of benzene rings is 1. The van der Waals surface area contributed by atoms with E-state index < -0.39 is 49.0 Å². The highest BCUT2D eigenvalue weighted by molar-refractivity contribution is 5.87. The van der Waals surface area contributed by atoms with Crippen molar-refractivity contribution >= 4 is 11.0 Å². The second-order valence-electron chi connectivity index (χ2n) is 8.71. The lowest BCUT2D eigenvalue weighted by atomic mass is 9.94. The number of hydrogen-bond donors (Lipinski definition) is 4. The van der Waals surface area contributed by atoms with Gasteiger partial charge in [-0.2, -0.15) is 0 Å². The lowest BCUT2D eigenvalue weighted by molar-refractivity contribution is -0.329. The van der Waals surface area contributed by atoms with Gasteiger partial charge in [0, 0.05) is 24.1 Å². The average molecular weight is 452 g/mol. The number of methoxy groups -OCH3 is 1. The molecule has 4 N–H and O–H groups in total. The van der Waals surface area contributed by atoms with Gasteiger partial charge in [0.1, 0.15) is 64.3 Å². The monoisotopic (exact) mass is 452 g/mol. The molecule has 0 aliphatic carbocycles. The molecule has 0 spiro atoms. The molecule has 4 rings (SSSR count). The van der Waals surface area contributed by atoms with Gasteiger partial charge < -0.3 is 43.8 Å². The molecule has 10 nitrogen and oxygen atoms in total. The smallest absolute Gasteiger partial charge is 0.196 e. The van der Waals surface area contributed by atoms with Gasteiger partial charge in [0.05, 0.1) is 13.7 Å². The molecular formula is C22H28O10. The summed E-state index contributed by atoms with van der Waals surface area (Å²) in [5.74, 6) is 1.32. The second kappa shape index (κ2) is 8.29. The summed E-state index contributed by atoms with van der Waals surface area (Å²) in [6.45, 7) is 4.58. The van der Waals surface area contributed by atoms with Gasteiger partial charge in [-0.3, -0.25) is 4.79 Å². The van der Waals surface area contributed by atoms with Crippen LogP contribution in [0.5, 0.6) is 11.5 Å². The predicted molar refractivity (Wildman–Crippen MR) is 111 cm³/mol. The number of aliphatic hydroxyl groups excluding tert-OH is 4. The average Bonchev–Trinajstić information content (AvgIpc) is 3.17. The van der Waals surface area contributed by atoms with Crippen LogP contribution in [-0.4, -0.2) is 76.6 Å². The van der Waals surface area contributed by atoms with Crippen molar-refractivity contribution in [3.05, 3.63) is 33.7 Å². The highest BCUT2D eigenvalue weighted by Crippen LogP contribution is 2.44. The van der Waals surface area contributed by atoms with Crippen LogP contribution in [0.1, 0.15) is 25.2 Å². The van der Waals surface area contributed by atoms with Crippen molar-refractivity contribution in [2.75, 3.05) is 13.7 Å². The Hall–Kier alpha value is -2.21. The van der Waals surface area contributed by atoms with Crippen LogP contribution in [0.15, 0.2) is 21.3 Å². The molecule has 10 heteroatoms. The van der Waals surface area contributed by atoms with E-state index in [9.17, 15) is 25.2 Å². The van der Waals surface area contributed by atoms with Gasteiger partial charge in [-0.25, -0.2) is 0 Å². The number of hydrogen-bond acceptors (Lipinski definition) is 10. The van der Waals surface area contributed by atoms with Crippen LogP contribution < -0.4 is 14.9 Å².